The maximum Gasteiger partial charge on any atom is 0.237 e. The average Bonchev–Trinajstić information content (AvgIpc) is 3.12. The minimum absolute atomic E-state index is 0. The lowest BCUT2D eigenvalue weighted by Gasteiger charge is -2.33. The van der Waals surface area contributed by atoms with Gasteiger partial charge in [-0.25, -0.2) is 0 Å². The molecule has 2 aliphatic rings. The van der Waals surface area contributed by atoms with Crippen LogP contribution in [0.1, 0.15) is 31.2 Å². The van der Waals surface area contributed by atoms with Crippen molar-refractivity contribution in [1.82, 2.24) is 15.5 Å². The Balaban J connectivity index is 0.00000225. The number of carbonyl (C=O) groups is 1. The first-order chi connectivity index (χ1) is 11.6. The number of carbonyl (C=O) groups excluding carboxylic acids is 1. The summed E-state index contributed by atoms with van der Waals surface area (Å²) < 4.78 is 0. The summed E-state index contributed by atoms with van der Waals surface area (Å²) in [6.07, 6.45) is 4.37. The van der Waals surface area contributed by atoms with Crippen molar-refractivity contribution in [3.05, 3.63) is 33.8 Å². The topological polar surface area (TPSA) is 44.4 Å². The maximum atomic E-state index is 12.1. The number of piperidine rings is 1. The summed E-state index contributed by atoms with van der Waals surface area (Å²) in [7, 11) is 0. The molecule has 0 aromatic heterocycles. The van der Waals surface area contributed by atoms with Crippen molar-refractivity contribution in [3.8, 4) is 0 Å². The Hall–Kier alpha value is -0.520. The number of nitrogens with one attached hydrogen (secondary N) is 2. The fourth-order valence-corrected chi connectivity index (χ4v) is 4.03. The number of halogens is 3. The monoisotopic (exact) mass is 405 g/mol. The van der Waals surface area contributed by atoms with Crippen LogP contribution >= 0.6 is 35.6 Å². The quantitative estimate of drug-likeness (QED) is 0.786. The van der Waals surface area contributed by atoms with Crippen molar-refractivity contribution in [2.24, 2.45) is 5.92 Å². The molecular formula is C18H26Cl3N3O. The first-order valence-electron chi connectivity index (χ1n) is 8.80. The largest absolute Gasteiger partial charge is 0.354 e. The summed E-state index contributed by atoms with van der Waals surface area (Å²) in [6, 6.07) is 5.81. The van der Waals surface area contributed by atoms with E-state index in [9.17, 15) is 4.79 Å². The molecule has 2 fully saturated rings. The van der Waals surface area contributed by atoms with E-state index in [4.69, 9.17) is 23.2 Å². The van der Waals surface area contributed by atoms with Gasteiger partial charge < -0.3 is 10.6 Å². The molecule has 0 bridgehead atoms. The van der Waals surface area contributed by atoms with Crippen molar-refractivity contribution >= 4 is 41.5 Å². The standard InChI is InChI=1S/C18H25Cl2N3O.ClH/c19-15-6-1-5-14(17(15)20)12-23-9-3-4-13(11-23)10-22-18(24)16-7-2-8-21-16;/h1,5-6,13,16,21H,2-4,7-12H2,(H,22,24);1H. The lowest BCUT2D eigenvalue weighted by atomic mass is 9.97. The molecule has 1 aromatic carbocycles. The van der Waals surface area contributed by atoms with Crippen LogP contribution in [0.4, 0.5) is 0 Å². The third kappa shape index (κ3) is 5.73. The molecule has 0 spiro atoms. The Labute approximate surface area is 166 Å². The second kappa shape index (κ2) is 9.98. The van der Waals surface area contributed by atoms with Crippen molar-refractivity contribution in [1.29, 1.82) is 0 Å². The van der Waals surface area contributed by atoms with E-state index < -0.39 is 0 Å². The summed E-state index contributed by atoms with van der Waals surface area (Å²) in [5, 5.41) is 7.64. The Morgan fingerprint density at radius 2 is 2.12 bits per heavy atom. The SMILES string of the molecule is Cl.O=C(NCC1CCCN(Cc2cccc(Cl)c2Cl)C1)C1CCCN1. The summed E-state index contributed by atoms with van der Waals surface area (Å²) in [5.41, 5.74) is 1.07. The molecule has 4 nitrogen and oxygen atoms in total. The molecule has 1 aromatic rings. The first-order valence-corrected chi connectivity index (χ1v) is 9.55. The summed E-state index contributed by atoms with van der Waals surface area (Å²) in [5.74, 6) is 0.657. The number of benzene rings is 1. The Morgan fingerprint density at radius 1 is 1.28 bits per heavy atom. The molecule has 140 valence electrons. The average molecular weight is 407 g/mol. The zero-order valence-electron chi connectivity index (χ0n) is 14.3. The normalized spacial score (nSPS) is 23.9. The lowest BCUT2D eigenvalue weighted by molar-refractivity contribution is -0.123. The number of likely N-dealkylation sites (tertiary alicyclic amines) is 1. The fourth-order valence-electron chi connectivity index (χ4n) is 3.65. The van der Waals surface area contributed by atoms with Crippen LogP contribution in [0.2, 0.25) is 10.0 Å². The molecule has 2 atom stereocenters. The molecule has 7 heteroatoms. The summed E-state index contributed by atoms with van der Waals surface area (Å²) in [6.45, 7) is 4.58. The van der Waals surface area contributed by atoms with Crippen molar-refractivity contribution in [2.45, 2.75) is 38.3 Å². The van der Waals surface area contributed by atoms with Crippen LogP contribution in [0.15, 0.2) is 18.2 Å². The van der Waals surface area contributed by atoms with E-state index >= 15 is 0 Å². The van der Waals surface area contributed by atoms with Gasteiger partial charge in [0, 0.05) is 19.6 Å². The second-order valence-corrected chi connectivity index (χ2v) is 7.64. The molecule has 1 amide bonds. The van der Waals surface area contributed by atoms with Gasteiger partial charge in [0.05, 0.1) is 16.1 Å². The minimum atomic E-state index is 0. The van der Waals surface area contributed by atoms with Gasteiger partial charge in [0.25, 0.3) is 0 Å². The second-order valence-electron chi connectivity index (χ2n) is 6.85. The zero-order valence-corrected chi connectivity index (χ0v) is 16.6. The molecule has 0 aliphatic carbocycles. The molecule has 2 aliphatic heterocycles. The Bertz CT molecular complexity index is 579. The molecule has 2 saturated heterocycles. The van der Waals surface area contributed by atoms with Gasteiger partial charge in [0.1, 0.15) is 0 Å². The van der Waals surface area contributed by atoms with E-state index in [-0.39, 0.29) is 24.4 Å². The van der Waals surface area contributed by atoms with E-state index in [0.29, 0.717) is 16.0 Å². The number of hydrogen-bond acceptors (Lipinski definition) is 3. The number of rotatable bonds is 5. The molecule has 0 saturated carbocycles. The molecular weight excluding hydrogens is 381 g/mol. The third-order valence-corrected chi connectivity index (χ3v) is 5.83. The van der Waals surface area contributed by atoms with Crippen molar-refractivity contribution in [3.63, 3.8) is 0 Å². The van der Waals surface area contributed by atoms with Gasteiger partial charge in [-0.3, -0.25) is 9.69 Å². The highest BCUT2D eigenvalue weighted by Gasteiger charge is 2.25. The first kappa shape index (κ1) is 20.8. The molecule has 2 heterocycles. The zero-order chi connectivity index (χ0) is 16.9. The van der Waals surface area contributed by atoms with E-state index in [0.717, 1.165) is 64.0 Å². The van der Waals surface area contributed by atoms with Crippen molar-refractivity contribution < 1.29 is 4.79 Å². The van der Waals surface area contributed by atoms with Crippen molar-refractivity contribution in [2.75, 3.05) is 26.2 Å². The highest BCUT2D eigenvalue weighted by Crippen LogP contribution is 2.27. The van der Waals surface area contributed by atoms with Gasteiger partial charge in [0.15, 0.2) is 0 Å². The smallest absolute Gasteiger partial charge is 0.237 e. The fraction of sp³-hybridized carbons (Fsp3) is 0.611. The molecule has 25 heavy (non-hydrogen) atoms. The highest BCUT2D eigenvalue weighted by molar-refractivity contribution is 6.42. The van der Waals surface area contributed by atoms with E-state index in [1.807, 2.05) is 18.2 Å². The molecule has 0 radical (unpaired) electrons. The van der Waals surface area contributed by atoms with Crippen LogP contribution in [0.25, 0.3) is 0 Å². The number of nitrogens with zero attached hydrogens (tertiary/aromatic N) is 1. The maximum absolute atomic E-state index is 12.1. The van der Waals surface area contributed by atoms with Crippen LogP contribution in [0, 0.1) is 5.92 Å². The van der Waals surface area contributed by atoms with Crippen LogP contribution in [-0.4, -0.2) is 43.0 Å². The predicted molar refractivity (Wildman–Crippen MR) is 106 cm³/mol. The van der Waals surface area contributed by atoms with Crippen LogP contribution < -0.4 is 10.6 Å². The van der Waals surface area contributed by atoms with Gasteiger partial charge in [0.2, 0.25) is 5.91 Å². The number of hydrogen-bond donors (Lipinski definition) is 2. The van der Waals surface area contributed by atoms with Crippen LogP contribution in [0.5, 0.6) is 0 Å². The Kier molecular flexibility index (Phi) is 8.30. The van der Waals surface area contributed by atoms with Gasteiger partial charge in [-0.1, -0.05) is 35.3 Å². The van der Waals surface area contributed by atoms with Gasteiger partial charge in [-0.05, 0) is 56.3 Å². The van der Waals surface area contributed by atoms with E-state index in [1.165, 1.54) is 0 Å². The van der Waals surface area contributed by atoms with Crippen LogP contribution in [0.3, 0.4) is 0 Å². The molecule has 3 rings (SSSR count). The number of amides is 1. The summed E-state index contributed by atoms with van der Waals surface area (Å²) >= 11 is 12.4. The molecule has 2 unspecified atom stereocenters. The molecule has 2 N–H and O–H groups in total. The van der Waals surface area contributed by atoms with E-state index in [1.54, 1.807) is 0 Å². The highest BCUT2D eigenvalue weighted by atomic mass is 35.5. The Morgan fingerprint density at radius 3 is 2.88 bits per heavy atom. The van der Waals surface area contributed by atoms with Gasteiger partial charge in [-0.2, -0.15) is 0 Å². The predicted octanol–water partition coefficient (Wildman–Crippen LogP) is 3.50. The van der Waals surface area contributed by atoms with E-state index in [2.05, 4.69) is 15.5 Å². The summed E-state index contributed by atoms with van der Waals surface area (Å²) in [4.78, 5) is 14.5. The third-order valence-electron chi connectivity index (χ3n) is 4.97. The minimum Gasteiger partial charge on any atom is -0.354 e. The van der Waals surface area contributed by atoms with Gasteiger partial charge in [-0.15, -0.1) is 12.4 Å². The van der Waals surface area contributed by atoms with Crippen LogP contribution in [-0.2, 0) is 11.3 Å². The lowest BCUT2D eigenvalue weighted by Crippen LogP contribution is -2.45. The van der Waals surface area contributed by atoms with Gasteiger partial charge >= 0.3 is 0 Å².